The number of nitrogens with zero attached hydrogens (tertiary/aromatic N) is 1. The Morgan fingerprint density at radius 2 is 1.81 bits per heavy atom. The van der Waals surface area contributed by atoms with Crippen LogP contribution < -0.4 is 0 Å². The second kappa shape index (κ2) is 7.86. The molecule has 1 saturated heterocycles. The van der Waals surface area contributed by atoms with Crippen LogP contribution in [0.1, 0.15) is 30.5 Å². The highest BCUT2D eigenvalue weighted by atomic mass is 79.9. The van der Waals surface area contributed by atoms with E-state index in [0.717, 1.165) is 15.6 Å². The molecule has 5 nitrogen and oxygen atoms in total. The minimum Gasteiger partial charge on any atom is -0.463 e. The lowest BCUT2D eigenvalue weighted by Gasteiger charge is -2.44. The minimum atomic E-state index is -3.79. The zero-order valence-corrected chi connectivity index (χ0v) is 17.5. The zero-order chi connectivity index (χ0) is 19.6. The lowest BCUT2D eigenvalue weighted by molar-refractivity contribution is -0.137. The molecule has 1 unspecified atom stereocenters. The first-order valence-electron chi connectivity index (χ1n) is 8.57. The van der Waals surface area contributed by atoms with Crippen molar-refractivity contribution >= 4 is 31.9 Å². The summed E-state index contributed by atoms with van der Waals surface area (Å²) in [6, 6.07) is 13.9. The molecule has 27 heavy (non-hydrogen) atoms. The molecule has 0 bridgehead atoms. The number of esters is 1. The van der Waals surface area contributed by atoms with Crippen molar-refractivity contribution in [3.8, 4) is 0 Å². The molecule has 7 heteroatoms. The molecular formula is C20H20BrNO4S. The fourth-order valence-electron chi connectivity index (χ4n) is 2.99. The number of hydrogen-bond acceptors (Lipinski definition) is 4. The van der Waals surface area contributed by atoms with Gasteiger partial charge in [-0.2, -0.15) is 0 Å². The van der Waals surface area contributed by atoms with Crippen molar-refractivity contribution in [1.82, 2.24) is 4.31 Å². The maximum Gasteiger partial charge on any atom is 0.332 e. The van der Waals surface area contributed by atoms with Crippen LogP contribution in [0.25, 0.3) is 0 Å². The average Bonchev–Trinajstić information content (AvgIpc) is 2.59. The molecule has 0 N–H and O–H groups in total. The molecule has 0 amide bonds. The van der Waals surface area contributed by atoms with Gasteiger partial charge in [-0.1, -0.05) is 45.8 Å². The van der Waals surface area contributed by atoms with Gasteiger partial charge in [-0.15, -0.1) is 0 Å². The molecule has 0 radical (unpaired) electrons. The van der Waals surface area contributed by atoms with E-state index in [4.69, 9.17) is 4.74 Å². The molecule has 2 aromatic rings. The topological polar surface area (TPSA) is 63.7 Å². The van der Waals surface area contributed by atoms with Gasteiger partial charge in [-0.25, -0.2) is 13.2 Å². The Bertz CT molecular complexity index is 966. The number of aryl methyl sites for hydroxylation is 1. The molecule has 1 fully saturated rings. The van der Waals surface area contributed by atoms with Gasteiger partial charge in [-0.05, 0) is 43.7 Å². The first-order valence-corrected chi connectivity index (χ1v) is 10.8. The normalized spacial score (nSPS) is 18.3. The van der Waals surface area contributed by atoms with Crippen LogP contribution in [0.5, 0.6) is 0 Å². The smallest absolute Gasteiger partial charge is 0.332 e. The Kier molecular flexibility index (Phi) is 5.72. The highest BCUT2D eigenvalue weighted by molar-refractivity contribution is 9.10. The summed E-state index contributed by atoms with van der Waals surface area (Å²) in [4.78, 5) is 12.1. The molecule has 1 heterocycles. The van der Waals surface area contributed by atoms with E-state index in [0.29, 0.717) is 12.1 Å². The number of rotatable bonds is 5. The number of carbonyl (C=O) groups excluding carboxylic acids is 1. The quantitative estimate of drug-likeness (QED) is 0.502. The van der Waals surface area contributed by atoms with E-state index in [-0.39, 0.29) is 17.5 Å². The van der Waals surface area contributed by atoms with Gasteiger partial charge in [-0.3, -0.25) is 4.31 Å². The standard InChI is InChI=1S/C20H20BrNO4S/c1-3-26-20(23)13-17-12-19(15-6-8-16(21)9-7-15)22(17)27(24,25)18-10-4-14(2)5-11-18/h4-11,13,19H,3,12H2,1-2H3/b17-13-. The Morgan fingerprint density at radius 3 is 2.41 bits per heavy atom. The maximum atomic E-state index is 13.2. The number of sulfonamides is 1. The second-order valence-corrected chi connectivity index (χ2v) is 9.00. The van der Waals surface area contributed by atoms with Crippen LogP contribution >= 0.6 is 15.9 Å². The number of halogens is 1. The predicted octanol–water partition coefficient (Wildman–Crippen LogP) is 4.34. The van der Waals surface area contributed by atoms with Crippen LogP contribution in [0.4, 0.5) is 0 Å². The van der Waals surface area contributed by atoms with Gasteiger partial charge in [0.25, 0.3) is 10.0 Å². The highest BCUT2D eigenvalue weighted by Crippen LogP contribution is 2.45. The van der Waals surface area contributed by atoms with Crippen molar-refractivity contribution in [1.29, 1.82) is 0 Å². The molecule has 0 saturated carbocycles. The van der Waals surface area contributed by atoms with E-state index in [1.807, 2.05) is 31.2 Å². The highest BCUT2D eigenvalue weighted by Gasteiger charge is 2.43. The summed E-state index contributed by atoms with van der Waals surface area (Å²) in [6.45, 7) is 3.85. The Hall–Kier alpha value is -2.12. The largest absolute Gasteiger partial charge is 0.463 e. The summed E-state index contributed by atoms with van der Waals surface area (Å²) in [6.07, 6.45) is 1.72. The van der Waals surface area contributed by atoms with Gasteiger partial charge < -0.3 is 4.74 Å². The van der Waals surface area contributed by atoms with Crippen LogP contribution in [0.2, 0.25) is 0 Å². The van der Waals surface area contributed by atoms with E-state index >= 15 is 0 Å². The van der Waals surface area contributed by atoms with E-state index in [1.165, 1.54) is 10.4 Å². The number of benzene rings is 2. The first kappa shape index (κ1) is 19.6. The zero-order valence-electron chi connectivity index (χ0n) is 15.1. The molecule has 0 spiro atoms. The summed E-state index contributed by atoms with van der Waals surface area (Å²) < 4.78 is 33.7. The Balaban J connectivity index is 2.00. The fourth-order valence-corrected chi connectivity index (χ4v) is 4.92. The number of carbonyl (C=O) groups is 1. The van der Waals surface area contributed by atoms with E-state index in [2.05, 4.69) is 15.9 Å². The van der Waals surface area contributed by atoms with Crippen molar-refractivity contribution in [2.24, 2.45) is 0 Å². The molecule has 1 atom stereocenters. The third-order valence-electron chi connectivity index (χ3n) is 4.37. The van der Waals surface area contributed by atoms with Gasteiger partial charge in [0.05, 0.1) is 17.5 Å². The van der Waals surface area contributed by atoms with Crippen molar-refractivity contribution in [3.63, 3.8) is 0 Å². The molecule has 2 aromatic carbocycles. The third kappa shape index (κ3) is 4.09. The molecule has 142 valence electrons. The van der Waals surface area contributed by atoms with Crippen LogP contribution in [-0.2, 0) is 19.6 Å². The van der Waals surface area contributed by atoms with Crippen molar-refractivity contribution in [3.05, 3.63) is 75.9 Å². The monoisotopic (exact) mass is 449 g/mol. The number of hydrogen-bond donors (Lipinski definition) is 0. The molecular weight excluding hydrogens is 430 g/mol. The van der Waals surface area contributed by atoms with Crippen LogP contribution in [0, 0.1) is 6.92 Å². The SMILES string of the molecule is CCOC(=O)/C=C1/CC(c2ccc(Br)cc2)N1S(=O)(=O)c1ccc(C)cc1. The van der Waals surface area contributed by atoms with Gasteiger partial charge in [0, 0.05) is 22.7 Å². The van der Waals surface area contributed by atoms with Gasteiger partial charge >= 0.3 is 5.97 Å². The van der Waals surface area contributed by atoms with E-state index < -0.39 is 16.0 Å². The fraction of sp³-hybridized carbons (Fsp3) is 0.250. The number of ether oxygens (including phenoxy) is 1. The predicted molar refractivity (Wildman–Crippen MR) is 106 cm³/mol. The van der Waals surface area contributed by atoms with Gasteiger partial charge in [0.2, 0.25) is 0 Å². The maximum absolute atomic E-state index is 13.2. The van der Waals surface area contributed by atoms with Crippen molar-refractivity contribution in [2.75, 3.05) is 6.61 Å². The Morgan fingerprint density at radius 1 is 1.19 bits per heavy atom. The summed E-state index contributed by atoms with van der Waals surface area (Å²) in [5, 5.41) is 0. The molecule has 1 aliphatic rings. The lowest BCUT2D eigenvalue weighted by atomic mass is 9.94. The van der Waals surface area contributed by atoms with Gasteiger partial charge in [0.15, 0.2) is 0 Å². The van der Waals surface area contributed by atoms with E-state index in [1.54, 1.807) is 31.2 Å². The van der Waals surface area contributed by atoms with Crippen molar-refractivity contribution < 1.29 is 17.9 Å². The van der Waals surface area contributed by atoms with Crippen LogP contribution in [0.3, 0.4) is 0 Å². The van der Waals surface area contributed by atoms with Crippen LogP contribution in [0.15, 0.2) is 69.7 Å². The van der Waals surface area contributed by atoms with E-state index in [9.17, 15) is 13.2 Å². The summed E-state index contributed by atoms with van der Waals surface area (Å²) in [5.41, 5.74) is 2.28. The summed E-state index contributed by atoms with van der Waals surface area (Å²) in [5.74, 6) is -0.536. The molecule has 3 rings (SSSR count). The second-order valence-electron chi connectivity index (χ2n) is 6.27. The first-order chi connectivity index (χ1) is 12.8. The minimum absolute atomic E-state index is 0.199. The molecule has 0 aromatic heterocycles. The summed E-state index contributed by atoms with van der Waals surface area (Å²) in [7, 11) is -3.79. The lowest BCUT2D eigenvalue weighted by Crippen LogP contribution is -2.43. The van der Waals surface area contributed by atoms with Crippen molar-refractivity contribution in [2.45, 2.75) is 31.2 Å². The molecule has 0 aliphatic carbocycles. The average molecular weight is 450 g/mol. The van der Waals surface area contributed by atoms with Gasteiger partial charge in [0.1, 0.15) is 0 Å². The molecule has 1 aliphatic heterocycles. The summed E-state index contributed by atoms with van der Waals surface area (Å²) >= 11 is 3.39. The Labute approximate surface area is 167 Å². The van der Waals surface area contributed by atoms with Crippen LogP contribution in [-0.4, -0.2) is 25.3 Å². The third-order valence-corrected chi connectivity index (χ3v) is 6.78.